The highest BCUT2D eigenvalue weighted by Gasteiger charge is 2.15. The van der Waals surface area contributed by atoms with Crippen molar-refractivity contribution in [3.05, 3.63) is 0 Å². The van der Waals surface area contributed by atoms with Crippen LogP contribution in [0, 0.1) is 11.8 Å². The van der Waals surface area contributed by atoms with Crippen LogP contribution in [0.4, 0.5) is 0 Å². The highest BCUT2D eigenvalue weighted by atomic mass is 16.7. The maximum Gasteiger partial charge on any atom is 0.310 e. The average molecular weight is 331 g/mol. The minimum Gasteiger partial charge on any atom is -0.466 e. The number of ether oxygens (including phenoxy) is 3. The number of rotatable bonds is 15. The molecule has 0 aliphatic heterocycles. The Labute approximate surface area is 143 Å². The van der Waals surface area contributed by atoms with Gasteiger partial charge < -0.3 is 14.2 Å². The Balaban J connectivity index is 3.95. The SMILES string of the molecule is CCOC(=O)CC(OCCCCC(C)C)OCCCCC(C)C. The van der Waals surface area contributed by atoms with Crippen molar-refractivity contribution in [3.63, 3.8) is 0 Å². The van der Waals surface area contributed by atoms with Gasteiger partial charge in [-0.15, -0.1) is 0 Å². The summed E-state index contributed by atoms with van der Waals surface area (Å²) in [5, 5.41) is 0. The van der Waals surface area contributed by atoms with Crippen molar-refractivity contribution in [3.8, 4) is 0 Å². The fourth-order valence-electron chi connectivity index (χ4n) is 2.26. The van der Waals surface area contributed by atoms with Crippen LogP contribution in [0.15, 0.2) is 0 Å². The fraction of sp³-hybridized carbons (Fsp3) is 0.947. The first-order chi connectivity index (χ1) is 11.0. The Morgan fingerprint density at radius 3 is 1.70 bits per heavy atom. The second-order valence-corrected chi connectivity index (χ2v) is 6.96. The van der Waals surface area contributed by atoms with E-state index in [0.717, 1.165) is 37.5 Å². The fourth-order valence-corrected chi connectivity index (χ4v) is 2.26. The van der Waals surface area contributed by atoms with Crippen molar-refractivity contribution in [2.45, 2.75) is 85.9 Å². The summed E-state index contributed by atoms with van der Waals surface area (Å²) in [6, 6.07) is 0. The lowest BCUT2D eigenvalue weighted by Gasteiger charge is -2.18. The van der Waals surface area contributed by atoms with Gasteiger partial charge in [-0.3, -0.25) is 4.79 Å². The Hall–Kier alpha value is -0.610. The van der Waals surface area contributed by atoms with Crippen molar-refractivity contribution in [1.82, 2.24) is 0 Å². The molecule has 0 aromatic heterocycles. The van der Waals surface area contributed by atoms with Crippen molar-refractivity contribution < 1.29 is 19.0 Å². The van der Waals surface area contributed by atoms with E-state index in [1.165, 1.54) is 12.8 Å². The van der Waals surface area contributed by atoms with E-state index in [-0.39, 0.29) is 12.4 Å². The molecule has 0 bridgehead atoms. The number of hydrogen-bond acceptors (Lipinski definition) is 4. The molecule has 0 spiro atoms. The minimum absolute atomic E-state index is 0.183. The molecule has 0 saturated heterocycles. The van der Waals surface area contributed by atoms with E-state index in [4.69, 9.17) is 14.2 Å². The number of carbonyl (C=O) groups is 1. The Bertz CT molecular complexity index is 259. The molecule has 0 aliphatic rings. The summed E-state index contributed by atoms with van der Waals surface area (Å²) in [7, 11) is 0. The normalized spacial score (nSPS) is 11.7. The third kappa shape index (κ3) is 16.0. The zero-order valence-corrected chi connectivity index (χ0v) is 15.9. The van der Waals surface area contributed by atoms with Gasteiger partial charge in [0, 0.05) is 13.2 Å². The minimum atomic E-state index is -0.466. The topological polar surface area (TPSA) is 44.8 Å². The predicted molar refractivity (Wildman–Crippen MR) is 94.3 cm³/mol. The molecule has 0 aliphatic carbocycles. The summed E-state index contributed by atoms with van der Waals surface area (Å²) in [6.45, 7) is 12.4. The molecule has 0 fully saturated rings. The van der Waals surface area contributed by atoms with E-state index in [9.17, 15) is 4.79 Å². The standard InChI is InChI=1S/C19H38O4/c1-6-21-18(20)15-19(22-13-9-7-11-16(2)3)23-14-10-8-12-17(4)5/h16-17,19H,6-15H2,1-5H3. The second kappa shape index (κ2) is 14.9. The second-order valence-electron chi connectivity index (χ2n) is 6.96. The molecular weight excluding hydrogens is 292 g/mol. The van der Waals surface area contributed by atoms with Gasteiger partial charge in [-0.05, 0) is 31.6 Å². The van der Waals surface area contributed by atoms with Crippen molar-refractivity contribution in [2.75, 3.05) is 19.8 Å². The average Bonchev–Trinajstić information content (AvgIpc) is 2.45. The van der Waals surface area contributed by atoms with Gasteiger partial charge in [0.1, 0.15) is 0 Å². The third-order valence-corrected chi connectivity index (χ3v) is 3.60. The Morgan fingerprint density at radius 2 is 1.30 bits per heavy atom. The van der Waals surface area contributed by atoms with Gasteiger partial charge in [-0.2, -0.15) is 0 Å². The van der Waals surface area contributed by atoms with Crippen molar-refractivity contribution in [1.29, 1.82) is 0 Å². The molecule has 4 heteroatoms. The third-order valence-electron chi connectivity index (χ3n) is 3.60. The van der Waals surface area contributed by atoms with Gasteiger partial charge in [0.2, 0.25) is 0 Å². The van der Waals surface area contributed by atoms with Crippen LogP contribution in [0.3, 0.4) is 0 Å². The molecule has 0 amide bonds. The molecule has 0 aromatic rings. The summed E-state index contributed by atoms with van der Waals surface area (Å²) in [6.07, 6.45) is 6.46. The predicted octanol–water partition coefficient (Wildman–Crippen LogP) is 4.95. The first-order valence-electron chi connectivity index (χ1n) is 9.34. The summed E-state index contributed by atoms with van der Waals surface area (Å²) in [4.78, 5) is 11.6. The van der Waals surface area contributed by atoms with Crippen LogP contribution in [-0.4, -0.2) is 32.1 Å². The summed E-state index contributed by atoms with van der Waals surface area (Å²) < 4.78 is 16.5. The Kier molecular flexibility index (Phi) is 14.6. The molecule has 0 atom stereocenters. The maximum atomic E-state index is 11.6. The quantitative estimate of drug-likeness (QED) is 0.242. The zero-order valence-electron chi connectivity index (χ0n) is 15.9. The molecule has 0 N–H and O–H groups in total. The molecule has 0 unspecified atom stereocenters. The van der Waals surface area contributed by atoms with Crippen molar-refractivity contribution >= 4 is 5.97 Å². The van der Waals surface area contributed by atoms with Gasteiger partial charge in [-0.25, -0.2) is 0 Å². The molecule has 0 rings (SSSR count). The highest BCUT2D eigenvalue weighted by Crippen LogP contribution is 2.11. The smallest absolute Gasteiger partial charge is 0.310 e. The number of carbonyl (C=O) groups excluding carboxylic acids is 1. The highest BCUT2D eigenvalue weighted by molar-refractivity contribution is 5.69. The lowest BCUT2D eigenvalue weighted by molar-refractivity contribution is -0.171. The van der Waals surface area contributed by atoms with Crippen LogP contribution in [-0.2, 0) is 19.0 Å². The molecule has 0 aromatic carbocycles. The van der Waals surface area contributed by atoms with E-state index >= 15 is 0 Å². The van der Waals surface area contributed by atoms with Crippen LogP contribution in [0.1, 0.15) is 79.6 Å². The molecule has 0 saturated carbocycles. The van der Waals surface area contributed by atoms with Crippen LogP contribution in [0.25, 0.3) is 0 Å². The molecule has 4 nitrogen and oxygen atoms in total. The molecule has 0 heterocycles. The maximum absolute atomic E-state index is 11.6. The van der Waals surface area contributed by atoms with Gasteiger partial charge >= 0.3 is 5.97 Å². The number of unbranched alkanes of at least 4 members (excludes halogenated alkanes) is 2. The largest absolute Gasteiger partial charge is 0.466 e. The zero-order chi connectivity index (χ0) is 17.5. The molecule has 138 valence electrons. The molecule has 0 radical (unpaired) electrons. The van der Waals surface area contributed by atoms with Gasteiger partial charge in [0.15, 0.2) is 6.29 Å². The molecule has 23 heavy (non-hydrogen) atoms. The van der Waals surface area contributed by atoms with Gasteiger partial charge in [0.25, 0.3) is 0 Å². The summed E-state index contributed by atoms with van der Waals surface area (Å²) >= 11 is 0. The van der Waals surface area contributed by atoms with E-state index < -0.39 is 6.29 Å². The van der Waals surface area contributed by atoms with E-state index in [1.807, 2.05) is 6.92 Å². The first-order valence-corrected chi connectivity index (χ1v) is 9.34. The Morgan fingerprint density at radius 1 is 0.826 bits per heavy atom. The van der Waals surface area contributed by atoms with Gasteiger partial charge in [0.05, 0.1) is 13.0 Å². The first kappa shape index (κ1) is 22.4. The number of esters is 1. The van der Waals surface area contributed by atoms with Crippen LogP contribution >= 0.6 is 0 Å². The van der Waals surface area contributed by atoms with Crippen LogP contribution in [0.5, 0.6) is 0 Å². The van der Waals surface area contributed by atoms with Crippen molar-refractivity contribution in [2.24, 2.45) is 11.8 Å². The summed E-state index contributed by atoms with van der Waals surface area (Å²) in [5.41, 5.74) is 0. The lowest BCUT2D eigenvalue weighted by Crippen LogP contribution is -2.23. The summed E-state index contributed by atoms with van der Waals surface area (Å²) in [5.74, 6) is 1.20. The lowest BCUT2D eigenvalue weighted by atomic mass is 10.1. The van der Waals surface area contributed by atoms with Crippen LogP contribution in [0.2, 0.25) is 0 Å². The van der Waals surface area contributed by atoms with Gasteiger partial charge in [-0.1, -0.05) is 53.4 Å². The number of hydrogen-bond donors (Lipinski definition) is 0. The van der Waals surface area contributed by atoms with E-state index in [0.29, 0.717) is 19.8 Å². The van der Waals surface area contributed by atoms with E-state index in [2.05, 4.69) is 27.7 Å². The van der Waals surface area contributed by atoms with E-state index in [1.54, 1.807) is 0 Å². The molecular formula is C19H38O4. The van der Waals surface area contributed by atoms with Crippen LogP contribution < -0.4 is 0 Å². The monoisotopic (exact) mass is 330 g/mol.